The van der Waals surface area contributed by atoms with Gasteiger partial charge >= 0.3 is 0 Å². The molecule has 2 aromatic heterocycles. The second kappa shape index (κ2) is 12.0. The minimum absolute atomic E-state index is 0.0409. The molecule has 0 unspecified atom stereocenters. The summed E-state index contributed by atoms with van der Waals surface area (Å²) in [4.78, 5) is 9.24. The summed E-state index contributed by atoms with van der Waals surface area (Å²) in [6.45, 7) is 10.2. The van der Waals surface area contributed by atoms with Crippen molar-refractivity contribution < 1.29 is 13.2 Å². The molecule has 0 atom stereocenters. The van der Waals surface area contributed by atoms with Crippen LogP contribution in [-0.2, 0) is 23.0 Å². The molecule has 0 radical (unpaired) electrons. The fourth-order valence-corrected chi connectivity index (χ4v) is 6.46. The molecule has 5 aromatic rings. The van der Waals surface area contributed by atoms with Gasteiger partial charge in [0.25, 0.3) is 0 Å². The van der Waals surface area contributed by atoms with Crippen molar-refractivity contribution in [2.24, 2.45) is 5.92 Å². The number of anilines is 1. The number of fused-ring (bicyclic) bond motifs is 4. The molecule has 3 aromatic carbocycles. The van der Waals surface area contributed by atoms with Crippen LogP contribution in [0.25, 0.3) is 32.7 Å². The van der Waals surface area contributed by atoms with E-state index in [1.165, 1.54) is 0 Å². The van der Waals surface area contributed by atoms with E-state index in [0.29, 0.717) is 43.5 Å². The normalized spacial score (nSPS) is 12.3. The molecule has 9 heteroatoms. The summed E-state index contributed by atoms with van der Waals surface area (Å²) in [5.41, 5.74) is 11.0. The van der Waals surface area contributed by atoms with E-state index in [1.54, 1.807) is 0 Å². The highest BCUT2D eigenvalue weighted by Gasteiger charge is 2.19. The number of aryl methyl sites for hydroxylation is 1. The second-order valence-corrected chi connectivity index (χ2v) is 13.3. The molecule has 0 spiro atoms. The quantitative estimate of drug-likeness (QED) is 0.176. The molecule has 0 saturated heterocycles. The predicted molar refractivity (Wildman–Crippen MR) is 168 cm³/mol. The number of nitrogens with zero attached hydrogens (tertiary/aromatic N) is 3. The zero-order valence-corrected chi connectivity index (χ0v) is 25.0. The van der Waals surface area contributed by atoms with Crippen molar-refractivity contribution in [2.75, 3.05) is 24.6 Å². The maximum atomic E-state index is 12.7. The summed E-state index contributed by atoms with van der Waals surface area (Å²) in [7, 11) is -3.41. The van der Waals surface area contributed by atoms with Crippen molar-refractivity contribution >= 4 is 48.5 Å². The maximum absolute atomic E-state index is 12.7. The monoisotopic (exact) mass is 573 g/mol. The molecule has 8 nitrogen and oxygen atoms in total. The average molecular weight is 574 g/mol. The molecule has 41 heavy (non-hydrogen) atoms. The van der Waals surface area contributed by atoms with Crippen LogP contribution < -0.4 is 15.2 Å². The number of rotatable bonds is 12. The minimum atomic E-state index is -3.41. The zero-order valence-electron chi connectivity index (χ0n) is 24.2. The Hall–Kier alpha value is -3.69. The van der Waals surface area contributed by atoms with Gasteiger partial charge in [0.2, 0.25) is 10.0 Å². The molecule has 2 heterocycles. The molecule has 5 rings (SSSR count). The van der Waals surface area contributed by atoms with Gasteiger partial charge in [0.1, 0.15) is 11.3 Å². The topological polar surface area (TPSA) is 112 Å². The van der Waals surface area contributed by atoms with Gasteiger partial charge in [-0.15, -0.1) is 0 Å². The highest BCUT2D eigenvalue weighted by atomic mass is 32.2. The van der Waals surface area contributed by atoms with Gasteiger partial charge in [-0.1, -0.05) is 70.2 Å². The number of imidazole rings is 1. The number of nitrogens with two attached hydrogens (primary N) is 1. The van der Waals surface area contributed by atoms with E-state index < -0.39 is 10.0 Å². The van der Waals surface area contributed by atoms with E-state index in [4.69, 9.17) is 10.5 Å². The number of ether oxygens (including phenoxy) is 1. The summed E-state index contributed by atoms with van der Waals surface area (Å²) in [6.07, 6.45) is 2.85. The van der Waals surface area contributed by atoms with Crippen molar-refractivity contribution in [3.63, 3.8) is 0 Å². The summed E-state index contributed by atoms with van der Waals surface area (Å²) in [6, 6.07) is 18.0. The standard InChI is InChI=1S/C32H39N5O3S/c1-21(2)19-37-20-34-30-31(37)29-27(22(3)4)17-25(18-28(29)36-32(30)33)40-15-8-14-35-41(38,39)16-13-24-11-7-10-23-9-5-6-12-26(23)24/h5-7,9-12,17-18,20-22,35H,8,13-16,19H2,1-4H3,(H2,33,36). The van der Waals surface area contributed by atoms with E-state index >= 15 is 0 Å². The van der Waals surface area contributed by atoms with Gasteiger partial charge in [-0.3, -0.25) is 0 Å². The SMILES string of the molecule is CC(C)Cn1cnc2c(N)nc3cc(OCCCNS(=O)(=O)CCc4cccc5ccccc45)cc(C(C)C)c3c21. The number of nitrogens with one attached hydrogen (secondary N) is 1. The first-order valence-corrected chi connectivity index (χ1v) is 15.9. The predicted octanol–water partition coefficient (Wildman–Crippen LogP) is 6.03. The third kappa shape index (κ3) is 6.47. The van der Waals surface area contributed by atoms with Gasteiger partial charge in [0.05, 0.1) is 29.7 Å². The van der Waals surface area contributed by atoms with E-state index in [-0.39, 0.29) is 11.7 Å². The Morgan fingerprint density at radius 3 is 2.61 bits per heavy atom. The van der Waals surface area contributed by atoms with E-state index in [2.05, 4.69) is 53.0 Å². The van der Waals surface area contributed by atoms with Crippen LogP contribution >= 0.6 is 0 Å². The molecule has 0 amide bonds. The highest BCUT2D eigenvalue weighted by Crippen LogP contribution is 2.36. The van der Waals surface area contributed by atoms with Crippen LogP contribution in [-0.4, -0.2) is 41.9 Å². The Morgan fingerprint density at radius 2 is 1.83 bits per heavy atom. The smallest absolute Gasteiger partial charge is 0.211 e. The van der Waals surface area contributed by atoms with Crippen LogP contribution in [0.1, 0.15) is 51.2 Å². The average Bonchev–Trinajstić information content (AvgIpc) is 3.34. The van der Waals surface area contributed by atoms with Crippen LogP contribution in [0, 0.1) is 5.92 Å². The summed E-state index contributed by atoms with van der Waals surface area (Å²) in [5.74, 6) is 1.82. The molecule has 0 bridgehead atoms. The first kappa shape index (κ1) is 28.8. The number of hydrogen-bond acceptors (Lipinski definition) is 6. The number of pyridine rings is 1. The Labute approximate surface area is 242 Å². The van der Waals surface area contributed by atoms with E-state index in [0.717, 1.165) is 50.4 Å². The molecule has 216 valence electrons. The molecule has 0 saturated carbocycles. The third-order valence-corrected chi connectivity index (χ3v) is 8.68. The third-order valence-electron chi connectivity index (χ3n) is 7.30. The molecule has 0 aliphatic rings. The van der Waals surface area contributed by atoms with Gasteiger partial charge in [-0.2, -0.15) is 0 Å². The van der Waals surface area contributed by atoms with Gasteiger partial charge in [-0.05, 0) is 52.6 Å². The van der Waals surface area contributed by atoms with Crippen LogP contribution in [0.5, 0.6) is 5.75 Å². The van der Waals surface area contributed by atoms with Crippen LogP contribution in [0.4, 0.5) is 5.82 Å². The van der Waals surface area contributed by atoms with Crippen molar-refractivity contribution in [2.45, 2.75) is 53.0 Å². The molecule has 0 fully saturated rings. The number of nitrogen functional groups attached to an aromatic ring is 1. The van der Waals surface area contributed by atoms with Gasteiger partial charge < -0.3 is 15.0 Å². The summed E-state index contributed by atoms with van der Waals surface area (Å²) >= 11 is 0. The summed E-state index contributed by atoms with van der Waals surface area (Å²) < 4.78 is 36.3. The lowest BCUT2D eigenvalue weighted by atomic mass is 9.96. The maximum Gasteiger partial charge on any atom is 0.211 e. The Morgan fingerprint density at radius 1 is 1.05 bits per heavy atom. The Bertz CT molecular complexity index is 1790. The second-order valence-electron chi connectivity index (χ2n) is 11.3. The van der Waals surface area contributed by atoms with Crippen LogP contribution in [0.15, 0.2) is 60.9 Å². The summed E-state index contributed by atoms with van der Waals surface area (Å²) in [5, 5.41) is 3.26. The fraction of sp³-hybridized carbons (Fsp3) is 0.375. The van der Waals surface area contributed by atoms with E-state index in [9.17, 15) is 8.42 Å². The minimum Gasteiger partial charge on any atom is -0.493 e. The molecule has 0 aliphatic heterocycles. The van der Waals surface area contributed by atoms with Crippen LogP contribution in [0.3, 0.4) is 0 Å². The number of benzene rings is 3. The van der Waals surface area contributed by atoms with Gasteiger partial charge in [-0.25, -0.2) is 23.1 Å². The van der Waals surface area contributed by atoms with Gasteiger partial charge in [0, 0.05) is 24.5 Å². The molecule has 0 aliphatic carbocycles. The van der Waals surface area contributed by atoms with Crippen molar-refractivity contribution in [3.05, 3.63) is 72.1 Å². The molecular weight excluding hydrogens is 534 g/mol. The molecule has 3 N–H and O–H groups in total. The lowest BCUT2D eigenvalue weighted by Gasteiger charge is -2.17. The molecular formula is C32H39N5O3S. The lowest BCUT2D eigenvalue weighted by Crippen LogP contribution is -2.29. The van der Waals surface area contributed by atoms with Gasteiger partial charge in [0.15, 0.2) is 5.82 Å². The lowest BCUT2D eigenvalue weighted by molar-refractivity contribution is 0.311. The largest absolute Gasteiger partial charge is 0.493 e. The number of sulfonamides is 1. The van der Waals surface area contributed by atoms with Crippen molar-refractivity contribution in [1.82, 2.24) is 19.3 Å². The van der Waals surface area contributed by atoms with Crippen molar-refractivity contribution in [3.8, 4) is 5.75 Å². The van der Waals surface area contributed by atoms with E-state index in [1.807, 2.05) is 54.9 Å². The zero-order chi connectivity index (χ0) is 29.1. The van der Waals surface area contributed by atoms with Crippen LogP contribution in [0.2, 0.25) is 0 Å². The highest BCUT2D eigenvalue weighted by molar-refractivity contribution is 7.89. The first-order valence-electron chi connectivity index (χ1n) is 14.3. The van der Waals surface area contributed by atoms with Crippen molar-refractivity contribution in [1.29, 1.82) is 0 Å². The Kier molecular flexibility index (Phi) is 8.47. The number of hydrogen-bond donors (Lipinski definition) is 2. The fourth-order valence-electron chi connectivity index (χ4n) is 5.37. The first-order chi connectivity index (χ1) is 19.6. The Balaban J connectivity index is 1.24. The number of aromatic nitrogens is 3.